The highest BCUT2D eigenvalue weighted by molar-refractivity contribution is 7.89. The van der Waals surface area contributed by atoms with Crippen LogP contribution in [0, 0.1) is 0 Å². The van der Waals surface area contributed by atoms with E-state index < -0.39 is 21.7 Å². The molecule has 25 heavy (non-hydrogen) atoms. The van der Waals surface area contributed by atoms with Crippen molar-refractivity contribution in [3.05, 3.63) is 29.8 Å². The minimum absolute atomic E-state index is 0. The Morgan fingerprint density at radius 3 is 2.32 bits per heavy atom. The normalized spacial score (nSPS) is 10.9. The van der Waals surface area contributed by atoms with Crippen molar-refractivity contribution in [2.75, 3.05) is 37.2 Å². The molecule has 10 heteroatoms. The zero-order valence-electron chi connectivity index (χ0n) is 14.3. The largest absolute Gasteiger partial charge is 0.351 e. The molecule has 8 nitrogen and oxygen atoms in total. The second-order valence-electron chi connectivity index (χ2n) is 4.98. The van der Waals surface area contributed by atoms with Gasteiger partial charge in [0, 0.05) is 26.2 Å². The fraction of sp³-hybridized carbons (Fsp3) is 0.467. The van der Waals surface area contributed by atoms with Gasteiger partial charge in [0.1, 0.15) is 5.75 Å². The van der Waals surface area contributed by atoms with Crippen LogP contribution in [0.5, 0.6) is 0 Å². The number of hydrogen-bond donors (Lipinski definition) is 3. The molecular formula is C15H25ClN4O4S. The molecular weight excluding hydrogens is 368 g/mol. The minimum atomic E-state index is -3.68. The lowest BCUT2D eigenvalue weighted by molar-refractivity contribution is -0.113. The maximum atomic E-state index is 12.1. The van der Waals surface area contributed by atoms with E-state index in [9.17, 15) is 18.0 Å². The molecule has 2 amide bonds. The molecule has 0 aliphatic rings. The molecule has 0 saturated heterocycles. The molecule has 0 atom stereocenters. The molecule has 0 fully saturated rings. The standard InChI is InChI=1S/C15H24N4O4S.ClH/c1-3-19(4-2)24(22,23)11-14(20)18-13-8-6-5-7-12(13)15(21)17-10-9-16;/h5-8H,3-4,9-11,16H2,1-2H3,(H,17,21)(H,18,20);1H. The van der Waals surface area contributed by atoms with Gasteiger partial charge in [-0.3, -0.25) is 9.59 Å². The molecule has 0 radical (unpaired) electrons. The number of carbonyl (C=O) groups excluding carboxylic acids is 2. The van der Waals surface area contributed by atoms with E-state index in [4.69, 9.17) is 5.73 Å². The number of anilines is 1. The highest BCUT2D eigenvalue weighted by Gasteiger charge is 2.23. The third-order valence-corrected chi connectivity index (χ3v) is 5.22. The zero-order valence-corrected chi connectivity index (χ0v) is 16.0. The Morgan fingerprint density at radius 1 is 1.16 bits per heavy atom. The summed E-state index contributed by atoms with van der Waals surface area (Å²) < 4.78 is 25.5. The van der Waals surface area contributed by atoms with Crippen LogP contribution in [0.1, 0.15) is 24.2 Å². The maximum absolute atomic E-state index is 12.1. The molecule has 0 heterocycles. The van der Waals surface area contributed by atoms with Gasteiger partial charge in [-0.05, 0) is 12.1 Å². The first-order chi connectivity index (χ1) is 11.4. The minimum Gasteiger partial charge on any atom is -0.351 e. The van der Waals surface area contributed by atoms with Gasteiger partial charge in [-0.2, -0.15) is 0 Å². The second-order valence-corrected chi connectivity index (χ2v) is 6.95. The van der Waals surface area contributed by atoms with Crippen LogP contribution < -0.4 is 16.4 Å². The Hall–Kier alpha value is -1.68. The van der Waals surface area contributed by atoms with Crippen LogP contribution in [0.3, 0.4) is 0 Å². The number of halogens is 1. The number of amides is 2. The number of nitrogens with two attached hydrogens (primary N) is 1. The summed E-state index contributed by atoms with van der Waals surface area (Å²) in [5.41, 5.74) is 5.85. The topological polar surface area (TPSA) is 122 Å². The Morgan fingerprint density at radius 2 is 1.76 bits per heavy atom. The van der Waals surface area contributed by atoms with Crippen molar-refractivity contribution < 1.29 is 18.0 Å². The van der Waals surface area contributed by atoms with Crippen molar-refractivity contribution in [2.45, 2.75) is 13.8 Å². The van der Waals surface area contributed by atoms with Crippen LogP contribution in [0.25, 0.3) is 0 Å². The van der Waals surface area contributed by atoms with E-state index in [1.807, 2.05) is 0 Å². The second kappa shape index (κ2) is 11.0. The average Bonchev–Trinajstić information content (AvgIpc) is 2.53. The highest BCUT2D eigenvalue weighted by Crippen LogP contribution is 2.15. The lowest BCUT2D eigenvalue weighted by Crippen LogP contribution is -2.37. The lowest BCUT2D eigenvalue weighted by Gasteiger charge is -2.18. The van der Waals surface area contributed by atoms with Crippen molar-refractivity contribution in [3.8, 4) is 0 Å². The van der Waals surface area contributed by atoms with Crippen LogP contribution in [-0.4, -0.2) is 56.5 Å². The van der Waals surface area contributed by atoms with Gasteiger partial charge in [0.25, 0.3) is 5.91 Å². The van der Waals surface area contributed by atoms with Crippen molar-refractivity contribution in [1.82, 2.24) is 9.62 Å². The number of carbonyl (C=O) groups is 2. The monoisotopic (exact) mass is 392 g/mol. The summed E-state index contributed by atoms with van der Waals surface area (Å²) in [6, 6.07) is 6.38. The number of sulfonamides is 1. The van der Waals surface area contributed by atoms with Crippen molar-refractivity contribution in [1.29, 1.82) is 0 Å². The fourth-order valence-electron chi connectivity index (χ4n) is 2.13. The van der Waals surface area contributed by atoms with Crippen LogP contribution in [0.2, 0.25) is 0 Å². The highest BCUT2D eigenvalue weighted by atomic mass is 35.5. The van der Waals surface area contributed by atoms with Crippen molar-refractivity contribution in [3.63, 3.8) is 0 Å². The third-order valence-electron chi connectivity index (χ3n) is 3.29. The number of hydrogen-bond acceptors (Lipinski definition) is 5. The van der Waals surface area contributed by atoms with Gasteiger partial charge in [0.05, 0.1) is 11.3 Å². The quantitative estimate of drug-likeness (QED) is 0.561. The van der Waals surface area contributed by atoms with E-state index in [0.29, 0.717) is 26.2 Å². The zero-order chi connectivity index (χ0) is 18.2. The smallest absolute Gasteiger partial charge is 0.253 e. The van der Waals surface area contributed by atoms with Crippen LogP contribution in [0.15, 0.2) is 24.3 Å². The molecule has 0 unspecified atom stereocenters. The molecule has 0 bridgehead atoms. The van der Waals surface area contributed by atoms with Gasteiger partial charge in [0.15, 0.2) is 0 Å². The van der Waals surface area contributed by atoms with Crippen LogP contribution in [-0.2, 0) is 14.8 Å². The molecule has 142 valence electrons. The first-order valence-corrected chi connectivity index (χ1v) is 9.31. The summed E-state index contributed by atoms with van der Waals surface area (Å²) in [7, 11) is -3.68. The third kappa shape index (κ3) is 6.99. The number of nitrogens with zero attached hydrogens (tertiary/aromatic N) is 1. The Labute approximate surface area is 154 Å². The SMILES string of the molecule is CCN(CC)S(=O)(=O)CC(=O)Nc1ccccc1C(=O)NCCN.Cl. The molecule has 1 rings (SSSR count). The summed E-state index contributed by atoms with van der Waals surface area (Å²) in [6.07, 6.45) is 0. The van der Waals surface area contributed by atoms with Gasteiger partial charge in [-0.25, -0.2) is 12.7 Å². The number of nitrogens with one attached hydrogen (secondary N) is 2. The Balaban J connectivity index is 0.00000576. The Bertz CT molecular complexity index is 678. The lowest BCUT2D eigenvalue weighted by atomic mass is 10.1. The van der Waals surface area contributed by atoms with Crippen LogP contribution >= 0.6 is 12.4 Å². The van der Waals surface area contributed by atoms with E-state index in [2.05, 4.69) is 10.6 Å². The van der Waals surface area contributed by atoms with Crippen molar-refractivity contribution in [2.24, 2.45) is 5.73 Å². The molecule has 1 aromatic rings. The fourth-order valence-corrected chi connectivity index (χ4v) is 3.50. The summed E-state index contributed by atoms with van der Waals surface area (Å²) in [5, 5.41) is 5.10. The predicted molar refractivity (Wildman–Crippen MR) is 100 cm³/mol. The summed E-state index contributed by atoms with van der Waals surface area (Å²) in [6.45, 7) is 4.60. The predicted octanol–water partition coefficient (Wildman–Crippen LogP) is 0.407. The van der Waals surface area contributed by atoms with E-state index in [0.717, 1.165) is 0 Å². The first-order valence-electron chi connectivity index (χ1n) is 7.70. The summed E-state index contributed by atoms with van der Waals surface area (Å²) in [5.74, 6) is -1.75. The molecule has 0 aromatic heterocycles. The molecule has 1 aromatic carbocycles. The molecule has 4 N–H and O–H groups in total. The van der Waals surface area contributed by atoms with Crippen molar-refractivity contribution >= 4 is 39.9 Å². The van der Waals surface area contributed by atoms with Gasteiger partial charge in [-0.1, -0.05) is 26.0 Å². The van der Waals surface area contributed by atoms with E-state index in [1.165, 1.54) is 4.31 Å². The van der Waals surface area contributed by atoms with E-state index in [-0.39, 0.29) is 29.6 Å². The molecule has 0 spiro atoms. The molecule has 0 aliphatic heterocycles. The number of para-hydroxylation sites is 1. The number of benzene rings is 1. The molecule has 0 saturated carbocycles. The van der Waals surface area contributed by atoms with E-state index in [1.54, 1.807) is 38.1 Å². The van der Waals surface area contributed by atoms with Gasteiger partial charge < -0.3 is 16.4 Å². The van der Waals surface area contributed by atoms with E-state index >= 15 is 0 Å². The van der Waals surface area contributed by atoms with Crippen LogP contribution in [0.4, 0.5) is 5.69 Å². The van der Waals surface area contributed by atoms with Gasteiger partial charge >= 0.3 is 0 Å². The number of rotatable bonds is 9. The summed E-state index contributed by atoms with van der Waals surface area (Å²) >= 11 is 0. The average molecular weight is 393 g/mol. The first kappa shape index (κ1) is 23.3. The molecule has 0 aliphatic carbocycles. The van der Waals surface area contributed by atoms with Gasteiger partial charge in [-0.15, -0.1) is 12.4 Å². The van der Waals surface area contributed by atoms with Gasteiger partial charge in [0.2, 0.25) is 15.9 Å². The Kier molecular flexibility index (Phi) is 10.3. The summed E-state index contributed by atoms with van der Waals surface area (Å²) in [4.78, 5) is 24.1. The maximum Gasteiger partial charge on any atom is 0.253 e.